The van der Waals surface area contributed by atoms with Crippen LogP contribution in [0.3, 0.4) is 0 Å². The molecule has 0 spiro atoms. The lowest BCUT2D eigenvalue weighted by atomic mass is 10.2. The van der Waals surface area contributed by atoms with Crippen molar-refractivity contribution in [3.8, 4) is 17.6 Å². The molecule has 8 nitrogen and oxygen atoms in total. The molecule has 3 aromatic rings. The van der Waals surface area contributed by atoms with E-state index in [1.165, 1.54) is 6.33 Å². The summed E-state index contributed by atoms with van der Waals surface area (Å²) >= 11 is 0. The van der Waals surface area contributed by atoms with Crippen LogP contribution in [-0.2, 0) is 0 Å². The number of nitrogens with zero attached hydrogens (tertiary/aromatic N) is 4. The molecule has 0 aliphatic heterocycles. The van der Waals surface area contributed by atoms with Crippen LogP contribution in [0.2, 0.25) is 0 Å². The summed E-state index contributed by atoms with van der Waals surface area (Å²) in [5, 5.41) is 19.5. The lowest BCUT2D eigenvalue weighted by molar-refractivity contribution is 0.199. The van der Waals surface area contributed by atoms with E-state index in [0.717, 1.165) is 12.1 Å². The number of aliphatic hydroxyl groups excluding tert-OH is 1. The van der Waals surface area contributed by atoms with E-state index in [1.807, 2.05) is 12.1 Å². The van der Waals surface area contributed by atoms with Gasteiger partial charge in [0.15, 0.2) is 11.5 Å². The number of benzene rings is 2. The molecule has 0 aliphatic carbocycles. The molecule has 0 radical (unpaired) electrons. The number of ether oxygens (including phenoxy) is 2. The first-order chi connectivity index (χ1) is 14.5. The number of rotatable bonds is 9. The smallest absolute Gasteiger partial charge is 0.163 e. The third-order valence-electron chi connectivity index (χ3n) is 4.63. The maximum atomic E-state index is 9.85. The fraction of sp³-hybridized carbons (Fsp3) is 0.318. The predicted molar refractivity (Wildman–Crippen MR) is 116 cm³/mol. The molecule has 30 heavy (non-hydrogen) atoms. The van der Waals surface area contributed by atoms with Crippen molar-refractivity contribution in [2.24, 2.45) is 0 Å². The zero-order valence-electron chi connectivity index (χ0n) is 17.1. The Morgan fingerprint density at radius 2 is 1.97 bits per heavy atom. The Kier molecular flexibility index (Phi) is 6.88. The van der Waals surface area contributed by atoms with E-state index in [1.54, 1.807) is 38.3 Å². The zero-order valence-corrected chi connectivity index (χ0v) is 17.1. The van der Waals surface area contributed by atoms with Gasteiger partial charge < -0.3 is 25.2 Å². The second-order valence-corrected chi connectivity index (χ2v) is 6.93. The normalized spacial score (nSPS) is 11.7. The third-order valence-corrected chi connectivity index (χ3v) is 4.63. The summed E-state index contributed by atoms with van der Waals surface area (Å²) in [6.45, 7) is 3.37. The Morgan fingerprint density at radius 3 is 2.63 bits per heavy atom. The first-order valence-electron chi connectivity index (χ1n) is 9.66. The molecule has 0 bridgehead atoms. The summed E-state index contributed by atoms with van der Waals surface area (Å²) in [5.41, 5.74) is 8.15. The van der Waals surface area contributed by atoms with Crippen molar-refractivity contribution in [1.29, 1.82) is 5.26 Å². The largest absolute Gasteiger partial charge is 0.493 e. The fourth-order valence-electron chi connectivity index (χ4n) is 3.19. The van der Waals surface area contributed by atoms with Crippen molar-refractivity contribution in [3.63, 3.8) is 0 Å². The minimum atomic E-state index is -0.479. The van der Waals surface area contributed by atoms with Gasteiger partial charge in [0.2, 0.25) is 0 Å². The summed E-state index contributed by atoms with van der Waals surface area (Å²) in [7, 11) is 1.57. The number of nitriles is 1. The van der Waals surface area contributed by atoms with Crippen LogP contribution in [0.1, 0.15) is 18.9 Å². The Morgan fingerprint density at radius 1 is 1.20 bits per heavy atom. The molecule has 1 atom stereocenters. The van der Waals surface area contributed by atoms with Gasteiger partial charge in [0.05, 0.1) is 37.0 Å². The number of aromatic nitrogens is 2. The van der Waals surface area contributed by atoms with Crippen molar-refractivity contribution >= 4 is 22.4 Å². The van der Waals surface area contributed by atoms with Crippen LogP contribution in [0.4, 0.5) is 11.5 Å². The van der Waals surface area contributed by atoms with Crippen molar-refractivity contribution in [2.75, 3.05) is 37.4 Å². The first kappa shape index (κ1) is 21.1. The highest BCUT2D eigenvalue weighted by molar-refractivity contribution is 5.90. The van der Waals surface area contributed by atoms with Crippen LogP contribution in [0.5, 0.6) is 11.5 Å². The summed E-state index contributed by atoms with van der Waals surface area (Å²) in [5.74, 6) is 1.54. The van der Waals surface area contributed by atoms with Gasteiger partial charge in [0.25, 0.3) is 0 Å². The molecule has 0 saturated carbocycles. The van der Waals surface area contributed by atoms with Gasteiger partial charge in [0, 0.05) is 30.2 Å². The molecular weight excluding hydrogens is 382 g/mol. The Balaban J connectivity index is 1.66. The van der Waals surface area contributed by atoms with Crippen LogP contribution in [0.15, 0.2) is 42.7 Å². The number of anilines is 2. The van der Waals surface area contributed by atoms with E-state index >= 15 is 0 Å². The molecule has 2 aromatic carbocycles. The second kappa shape index (κ2) is 9.76. The van der Waals surface area contributed by atoms with E-state index in [-0.39, 0.29) is 0 Å². The number of hydrogen-bond donors (Lipinski definition) is 2. The van der Waals surface area contributed by atoms with Gasteiger partial charge in [0.1, 0.15) is 12.1 Å². The highest BCUT2D eigenvalue weighted by Crippen LogP contribution is 2.33. The van der Waals surface area contributed by atoms with Crippen LogP contribution in [-0.4, -0.2) is 48.0 Å². The van der Waals surface area contributed by atoms with Gasteiger partial charge in [-0.3, -0.25) is 0 Å². The summed E-state index contributed by atoms with van der Waals surface area (Å²) in [6.07, 6.45) is 1.66. The van der Waals surface area contributed by atoms with Crippen molar-refractivity contribution in [2.45, 2.75) is 19.4 Å². The summed E-state index contributed by atoms with van der Waals surface area (Å²) < 4.78 is 11.4. The standard InChI is InChI=1S/C22H25N5O3/c1-15(28)13-27(17-6-4-16(12-23)5-7-17)8-3-9-30-21-11-19-18(10-20(21)29-2)22(24)26-14-25-19/h4-7,10-11,14-15,28H,3,8-9,13H2,1-2H3,(H2,24,25,26). The van der Waals surface area contributed by atoms with E-state index in [9.17, 15) is 5.11 Å². The minimum absolute atomic E-state index is 0.390. The predicted octanol–water partition coefficient (Wildman–Crippen LogP) is 2.75. The van der Waals surface area contributed by atoms with Crippen LogP contribution >= 0.6 is 0 Å². The average Bonchev–Trinajstić information content (AvgIpc) is 2.75. The molecule has 0 saturated heterocycles. The molecule has 0 fully saturated rings. The van der Waals surface area contributed by atoms with Gasteiger partial charge in [-0.1, -0.05) is 0 Å². The fourth-order valence-corrected chi connectivity index (χ4v) is 3.19. The quantitative estimate of drug-likeness (QED) is 0.520. The molecule has 0 aliphatic rings. The number of aliphatic hydroxyl groups is 1. The molecule has 1 heterocycles. The molecule has 8 heteroatoms. The lowest BCUT2D eigenvalue weighted by Crippen LogP contribution is -2.32. The molecule has 1 aromatic heterocycles. The molecule has 3 rings (SSSR count). The van der Waals surface area contributed by atoms with Crippen LogP contribution < -0.4 is 20.1 Å². The number of nitrogens with two attached hydrogens (primary N) is 1. The summed E-state index contributed by atoms with van der Waals surface area (Å²) in [4.78, 5) is 10.3. The van der Waals surface area contributed by atoms with Gasteiger partial charge in [-0.05, 0) is 43.7 Å². The Labute approximate surface area is 175 Å². The van der Waals surface area contributed by atoms with E-state index in [0.29, 0.717) is 53.5 Å². The number of nitrogen functional groups attached to an aromatic ring is 1. The topological polar surface area (TPSA) is 118 Å². The Bertz CT molecular complexity index is 1030. The molecule has 3 N–H and O–H groups in total. The Hall–Kier alpha value is -3.57. The van der Waals surface area contributed by atoms with Gasteiger partial charge in [-0.2, -0.15) is 5.26 Å². The molecule has 1 unspecified atom stereocenters. The van der Waals surface area contributed by atoms with Crippen LogP contribution in [0.25, 0.3) is 10.9 Å². The van der Waals surface area contributed by atoms with E-state index in [4.69, 9.17) is 20.5 Å². The average molecular weight is 407 g/mol. The van der Waals surface area contributed by atoms with E-state index in [2.05, 4.69) is 20.9 Å². The number of fused-ring (bicyclic) bond motifs is 1. The minimum Gasteiger partial charge on any atom is -0.493 e. The second-order valence-electron chi connectivity index (χ2n) is 6.93. The third kappa shape index (κ3) is 5.07. The maximum absolute atomic E-state index is 9.85. The monoisotopic (exact) mass is 407 g/mol. The number of methoxy groups -OCH3 is 1. The first-order valence-corrected chi connectivity index (χ1v) is 9.66. The SMILES string of the molecule is COc1cc2c(N)ncnc2cc1OCCCN(CC(C)O)c1ccc(C#N)cc1. The highest BCUT2D eigenvalue weighted by atomic mass is 16.5. The highest BCUT2D eigenvalue weighted by Gasteiger charge is 2.12. The van der Waals surface area contributed by atoms with Crippen molar-refractivity contribution < 1.29 is 14.6 Å². The lowest BCUT2D eigenvalue weighted by Gasteiger charge is -2.26. The summed E-state index contributed by atoms with van der Waals surface area (Å²) in [6, 6.07) is 13.0. The van der Waals surface area contributed by atoms with Crippen LogP contribution in [0, 0.1) is 11.3 Å². The maximum Gasteiger partial charge on any atom is 0.163 e. The number of hydrogen-bond acceptors (Lipinski definition) is 8. The van der Waals surface area contributed by atoms with Gasteiger partial charge in [-0.15, -0.1) is 0 Å². The van der Waals surface area contributed by atoms with Crippen molar-refractivity contribution in [1.82, 2.24) is 9.97 Å². The molecule has 0 amide bonds. The van der Waals surface area contributed by atoms with Gasteiger partial charge in [-0.25, -0.2) is 9.97 Å². The molecular formula is C22H25N5O3. The van der Waals surface area contributed by atoms with Crippen molar-refractivity contribution in [3.05, 3.63) is 48.3 Å². The van der Waals surface area contributed by atoms with Gasteiger partial charge >= 0.3 is 0 Å². The molecule has 156 valence electrons. The zero-order chi connectivity index (χ0) is 21.5. The van der Waals surface area contributed by atoms with E-state index < -0.39 is 6.10 Å².